The highest BCUT2D eigenvalue weighted by Gasteiger charge is 2.30. The van der Waals surface area contributed by atoms with Gasteiger partial charge in [-0.2, -0.15) is 5.10 Å². The summed E-state index contributed by atoms with van der Waals surface area (Å²) in [6.45, 7) is 4.56. The van der Waals surface area contributed by atoms with Crippen molar-refractivity contribution in [3.05, 3.63) is 11.6 Å². The van der Waals surface area contributed by atoms with Gasteiger partial charge in [0.15, 0.2) is 5.82 Å². The van der Waals surface area contributed by atoms with Crippen molar-refractivity contribution in [3.8, 4) is 0 Å². The van der Waals surface area contributed by atoms with Crippen molar-refractivity contribution in [1.82, 2.24) is 20.1 Å². The molecule has 0 radical (unpaired) electrons. The van der Waals surface area contributed by atoms with Gasteiger partial charge in [0.25, 0.3) is 0 Å². The van der Waals surface area contributed by atoms with Gasteiger partial charge >= 0.3 is 5.97 Å². The van der Waals surface area contributed by atoms with E-state index in [4.69, 9.17) is 4.74 Å². The molecule has 2 rings (SSSR count). The fourth-order valence-electron chi connectivity index (χ4n) is 2.03. The lowest BCUT2D eigenvalue weighted by molar-refractivity contribution is -0.143. The van der Waals surface area contributed by atoms with Gasteiger partial charge in [0, 0.05) is 18.9 Å². The third-order valence-corrected chi connectivity index (χ3v) is 3.28. The molecule has 0 amide bonds. The molecule has 1 heterocycles. The summed E-state index contributed by atoms with van der Waals surface area (Å²) in [6.07, 6.45) is 3.88. The van der Waals surface area contributed by atoms with Crippen LogP contribution >= 0.6 is 0 Å². The molecule has 1 aliphatic rings. The Kier molecular flexibility index (Phi) is 4.52. The zero-order valence-corrected chi connectivity index (χ0v) is 11.8. The minimum absolute atomic E-state index is 0.234. The van der Waals surface area contributed by atoms with Crippen molar-refractivity contribution in [2.45, 2.75) is 58.2 Å². The molecule has 6 nitrogen and oxygen atoms in total. The van der Waals surface area contributed by atoms with Gasteiger partial charge < -0.3 is 10.1 Å². The van der Waals surface area contributed by atoms with E-state index >= 15 is 0 Å². The number of carbonyl (C=O) groups is 1. The first kappa shape index (κ1) is 14.0. The van der Waals surface area contributed by atoms with E-state index in [0.29, 0.717) is 12.6 Å². The Labute approximate surface area is 113 Å². The molecule has 0 bridgehead atoms. The summed E-state index contributed by atoms with van der Waals surface area (Å²) in [5.41, 5.74) is 0. The predicted molar refractivity (Wildman–Crippen MR) is 70.7 cm³/mol. The van der Waals surface area contributed by atoms with E-state index in [2.05, 4.69) is 15.4 Å². The van der Waals surface area contributed by atoms with Gasteiger partial charge in [-0.3, -0.25) is 4.79 Å². The Bertz CT molecular complexity index is 440. The molecule has 1 aliphatic carbocycles. The van der Waals surface area contributed by atoms with Crippen LogP contribution < -0.4 is 5.32 Å². The van der Waals surface area contributed by atoms with Gasteiger partial charge in [0.05, 0.1) is 13.7 Å². The maximum atomic E-state index is 11.8. The van der Waals surface area contributed by atoms with Crippen LogP contribution in [0.4, 0.5) is 0 Å². The maximum absolute atomic E-state index is 11.8. The van der Waals surface area contributed by atoms with Gasteiger partial charge in [-0.05, 0) is 12.8 Å². The van der Waals surface area contributed by atoms with Crippen molar-refractivity contribution in [3.63, 3.8) is 0 Å². The van der Waals surface area contributed by atoms with Gasteiger partial charge in [-0.1, -0.05) is 13.8 Å². The minimum atomic E-state index is -0.339. The Hall–Kier alpha value is -1.43. The first-order valence-electron chi connectivity index (χ1n) is 6.94. The zero-order chi connectivity index (χ0) is 13.8. The highest BCUT2D eigenvalue weighted by Crippen LogP contribution is 2.20. The van der Waals surface area contributed by atoms with E-state index < -0.39 is 0 Å². The SMILES string of the molecule is CCc1nc(CC)n(CC(NC2CC2)C(=O)OC)n1. The summed E-state index contributed by atoms with van der Waals surface area (Å²) in [4.78, 5) is 16.3. The van der Waals surface area contributed by atoms with Crippen LogP contribution in [0.15, 0.2) is 0 Å². The fraction of sp³-hybridized carbons (Fsp3) is 0.769. The van der Waals surface area contributed by atoms with Crippen LogP contribution in [0.2, 0.25) is 0 Å². The summed E-state index contributed by atoms with van der Waals surface area (Å²) in [5, 5.41) is 7.75. The lowest BCUT2D eigenvalue weighted by atomic mass is 10.3. The number of hydrogen-bond donors (Lipinski definition) is 1. The molecule has 0 saturated heterocycles. The van der Waals surface area contributed by atoms with Crippen LogP contribution in [-0.4, -0.2) is 39.9 Å². The van der Waals surface area contributed by atoms with Crippen LogP contribution in [0.1, 0.15) is 38.3 Å². The second-order valence-electron chi connectivity index (χ2n) is 4.85. The minimum Gasteiger partial charge on any atom is -0.468 e. The van der Waals surface area contributed by atoms with Crippen LogP contribution in [0.5, 0.6) is 0 Å². The van der Waals surface area contributed by atoms with Gasteiger partial charge in [0.1, 0.15) is 11.9 Å². The highest BCUT2D eigenvalue weighted by molar-refractivity contribution is 5.75. The fourth-order valence-corrected chi connectivity index (χ4v) is 2.03. The van der Waals surface area contributed by atoms with Crippen LogP contribution in [-0.2, 0) is 28.9 Å². The molecule has 1 aromatic rings. The predicted octanol–water partition coefficient (Wildman–Crippen LogP) is 0.696. The molecule has 1 atom stereocenters. The first-order chi connectivity index (χ1) is 9.17. The molecule has 19 heavy (non-hydrogen) atoms. The van der Waals surface area contributed by atoms with E-state index in [1.54, 1.807) is 0 Å². The number of ether oxygens (including phenoxy) is 1. The lowest BCUT2D eigenvalue weighted by Crippen LogP contribution is -2.42. The van der Waals surface area contributed by atoms with E-state index in [-0.39, 0.29) is 12.0 Å². The summed E-state index contributed by atoms with van der Waals surface area (Å²) in [6, 6.07) is 0.109. The van der Waals surface area contributed by atoms with Crippen LogP contribution in [0.3, 0.4) is 0 Å². The Balaban J connectivity index is 2.10. The molecule has 0 aromatic carbocycles. The summed E-state index contributed by atoms with van der Waals surface area (Å²) >= 11 is 0. The smallest absolute Gasteiger partial charge is 0.324 e. The Morgan fingerprint density at radius 2 is 2.21 bits per heavy atom. The van der Waals surface area contributed by atoms with Crippen molar-refractivity contribution in [2.75, 3.05) is 7.11 Å². The summed E-state index contributed by atoms with van der Waals surface area (Å²) in [7, 11) is 1.42. The van der Waals surface area contributed by atoms with Gasteiger partial charge in [-0.15, -0.1) is 0 Å². The monoisotopic (exact) mass is 266 g/mol. The number of methoxy groups -OCH3 is 1. The number of aryl methyl sites for hydroxylation is 2. The average molecular weight is 266 g/mol. The highest BCUT2D eigenvalue weighted by atomic mass is 16.5. The molecule has 0 spiro atoms. The maximum Gasteiger partial charge on any atom is 0.324 e. The van der Waals surface area contributed by atoms with Crippen molar-refractivity contribution in [2.24, 2.45) is 0 Å². The third kappa shape index (κ3) is 3.53. The van der Waals surface area contributed by atoms with Gasteiger partial charge in [-0.25, -0.2) is 9.67 Å². The molecule has 6 heteroatoms. The normalized spacial score (nSPS) is 16.4. The Morgan fingerprint density at radius 1 is 1.47 bits per heavy atom. The van der Waals surface area contributed by atoms with E-state index in [9.17, 15) is 4.79 Å². The molecule has 1 aromatic heterocycles. The molecular weight excluding hydrogens is 244 g/mol. The van der Waals surface area contributed by atoms with Crippen molar-refractivity contribution >= 4 is 5.97 Å². The lowest BCUT2D eigenvalue weighted by Gasteiger charge is -2.16. The summed E-state index contributed by atoms with van der Waals surface area (Å²) < 4.78 is 6.69. The molecular formula is C13H22N4O2. The standard InChI is InChI=1S/C13H22N4O2/c1-4-11-15-12(5-2)17(16-11)8-10(13(18)19-3)14-9-6-7-9/h9-10,14H,4-8H2,1-3H3. The van der Waals surface area contributed by atoms with Crippen LogP contribution in [0.25, 0.3) is 0 Å². The average Bonchev–Trinajstić information content (AvgIpc) is 3.15. The number of nitrogens with zero attached hydrogens (tertiary/aromatic N) is 3. The summed E-state index contributed by atoms with van der Waals surface area (Å²) in [5.74, 6) is 1.51. The number of hydrogen-bond acceptors (Lipinski definition) is 5. The number of rotatable bonds is 7. The van der Waals surface area contributed by atoms with E-state index in [1.807, 2.05) is 18.5 Å². The second-order valence-corrected chi connectivity index (χ2v) is 4.85. The molecule has 0 aliphatic heterocycles. The number of nitrogens with one attached hydrogen (secondary N) is 1. The van der Waals surface area contributed by atoms with Crippen molar-refractivity contribution in [1.29, 1.82) is 0 Å². The topological polar surface area (TPSA) is 69.0 Å². The van der Waals surface area contributed by atoms with Crippen molar-refractivity contribution < 1.29 is 9.53 Å². The second kappa shape index (κ2) is 6.14. The Morgan fingerprint density at radius 3 is 2.74 bits per heavy atom. The molecule has 1 N–H and O–H groups in total. The number of aromatic nitrogens is 3. The first-order valence-corrected chi connectivity index (χ1v) is 6.94. The van der Waals surface area contributed by atoms with E-state index in [1.165, 1.54) is 7.11 Å². The van der Waals surface area contributed by atoms with Gasteiger partial charge in [0.2, 0.25) is 0 Å². The quantitative estimate of drug-likeness (QED) is 0.736. The molecule has 1 fully saturated rings. The molecule has 1 unspecified atom stereocenters. The third-order valence-electron chi connectivity index (χ3n) is 3.28. The van der Waals surface area contributed by atoms with E-state index in [0.717, 1.165) is 37.3 Å². The number of carbonyl (C=O) groups excluding carboxylic acids is 1. The molecule has 1 saturated carbocycles. The zero-order valence-electron chi connectivity index (χ0n) is 11.8. The largest absolute Gasteiger partial charge is 0.468 e. The number of esters is 1. The molecule has 106 valence electrons. The van der Waals surface area contributed by atoms with Crippen LogP contribution in [0, 0.1) is 0 Å².